The van der Waals surface area contributed by atoms with E-state index in [1.54, 1.807) is 17.5 Å². The molecule has 6 nitrogen and oxygen atoms in total. The minimum absolute atomic E-state index is 0.222. The molecule has 4 rings (SSSR count). The van der Waals surface area contributed by atoms with Crippen LogP contribution in [0.3, 0.4) is 0 Å². The van der Waals surface area contributed by atoms with Gasteiger partial charge in [0.15, 0.2) is 5.13 Å². The lowest BCUT2D eigenvalue weighted by Gasteiger charge is -2.10. The normalized spacial score (nSPS) is 16.1. The molecule has 4 heterocycles. The second kappa shape index (κ2) is 5.34. The van der Waals surface area contributed by atoms with Gasteiger partial charge in [-0.3, -0.25) is 4.98 Å². The van der Waals surface area contributed by atoms with Crippen molar-refractivity contribution in [2.24, 2.45) is 0 Å². The first-order valence-electron chi connectivity index (χ1n) is 6.99. The third kappa shape index (κ3) is 2.39. The van der Waals surface area contributed by atoms with Crippen LogP contribution in [0, 0.1) is 6.92 Å². The molecular formula is C15H14N6S. The van der Waals surface area contributed by atoms with E-state index < -0.39 is 0 Å². The number of thiazole rings is 1. The number of nitrogens with one attached hydrogen (secondary N) is 2. The summed E-state index contributed by atoms with van der Waals surface area (Å²) in [5.41, 5.74) is 4.29. The second-order valence-corrected chi connectivity index (χ2v) is 5.98. The van der Waals surface area contributed by atoms with Crippen molar-refractivity contribution in [3.05, 3.63) is 53.1 Å². The van der Waals surface area contributed by atoms with E-state index >= 15 is 0 Å². The van der Waals surface area contributed by atoms with E-state index in [2.05, 4.69) is 30.6 Å². The number of hydrogen-bond donors (Lipinski definition) is 2. The summed E-state index contributed by atoms with van der Waals surface area (Å²) >= 11 is 1.55. The van der Waals surface area contributed by atoms with Crippen LogP contribution in [0.2, 0.25) is 0 Å². The topological polar surface area (TPSA) is 75.6 Å². The summed E-state index contributed by atoms with van der Waals surface area (Å²) in [4.78, 5) is 17.4. The first-order chi connectivity index (χ1) is 10.8. The molecule has 0 saturated carbocycles. The maximum atomic E-state index is 4.64. The monoisotopic (exact) mass is 310 g/mol. The summed E-state index contributed by atoms with van der Waals surface area (Å²) < 4.78 is 0. The Labute approximate surface area is 131 Å². The average Bonchev–Trinajstić information content (AvgIpc) is 3.14. The summed E-state index contributed by atoms with van der Waals surface area (Å²) in [6.07, 6.45) is 5.45. The Hall–Kier alpha value is -2.54. The largest absolute Gasteiger partial charge is 0.383 e. The van der Waals surface area contributed by atoms with Crippen LogP contribution >= 0.6 is 11.3 Å². The van der Waals surface area contributed by atoms with Gasteiger partial charge in [0.1, 0.15) is 0 Å². The fourth-order valence-electron chi connectivity index (χ4n) is 2.58. The van der Waals surface area contributed by atoms with Gasteiger partial charge >= 0.3 is 0 Å². The Morgan fingerprint density at radius 2 is 2.23 bits per heavy atom. The molecule has 1 aliphatic heterocycles. The molecule has 3 aromatic heterocycles. The van der Waals surface area contributed by atoms with E-state index in [0.29, 0.717) is 5.95 Å². The molecule has 0 bridgehead atoms. The minimum Gasteiger partial charge on any atom is -0.383 e. The van der Waals surface area contributed by atoms with E-state index in [1.807, 2.05) is 36.8 Å². The van der Waals surface area contributed by atoms with Crippen molar-refractivity contribution in [3.8, 4) is 0 Å². The van der Waals surface area contributed by atoms with Crippen molar-refractivity contribution in [1.29, 1.82) is 0 Å². The standard InChI is InChI=1S/C15H14N6S/c1-9-8-22-15(19-9)21-14-17-5-3-12(20-14)11-6-18-13-7-16-4-2-10(11)13/h2-5,7-8,11,18H,6H2,1H3,(H,17,19,20,21). The molecular weight excluding hydrogens is 296 g/mol. The highest BCUT2D eigenvalue weighted by Gasteiger charge is 2.25. The van der Waals surface area contributed by atoms with Gasteiger partial charge in [-0.15, -0.1) is 11.3 Å². The number of rotatable bonds is 3. The van der Waals surface area contributed by atoms with Crippen LogP contribution in [0.4, 0.5) is 16.8 Å². The van der Waals surface area contributed by atoms with Gasteiger partial charge in [-0.05, 0) is 24.6 Å². The van der Waals surface area contributed by atoms with E-state index in [-0.39, 0.29) is 5.92 Å². The lowest BCUT2D eigenvalue weighted by molar-refractivity contribution is 0.852. The smallest absolute Gasteiger partial charge is 0.229 e. The number of anilines is 3. The molecule has 0 fully saturated rings. The number of pyridine rings is 1. The number of hydrogen-bond acceptors (Lipinski definition) is 7. The molecule has 0 aliphatic carbocycles. The predicted molar refractivity (Wildman–Crippen MR) is 86.7 cm³/mol. The number of aromatic nitrogens is 4. The van der Waals surface area contributed by atoms with Gasteiger partial charge in [-0.1, -0.05) is 0 Å². The second-order valence-electron chi connectivity index (χ2n) is 5.12. The summed E-state index contributed by atoms with van der Waals surface area (Å²) in [6, 6.07) is 4.00. The van der Waals surface area contributed by atoms with Gasteiger partial charge in [0.25, 0.3) is 0 Å². The Kier molecular flexibility index (Phi) is 3.19. The lowest BCUT2D eigenvalue weighted by atomic mass is 9.99. The van der Waals surface area contributed by atoms with Crippen LogP contribution in [0.5, 0.6) is 0 Å². The van der Waals surface area contributed by atoms with Gasteiger partial charge < -0.3 is 10.6 Å². The van der Waals surface area contributed by atoms with Crippen molar-refractivity contribution in [3.63, 3.8) is 0 Å². The zero-order chi connectivity index (χ0) is 14.9. The maximum Gasteiger partial charge on any atom is 0.229 e. The molecule has 22 heavy (non-hydrogen) atoms. The van der Waals surface area contributed by atoms with Crippen LogP contribution in [-0.4, -0.2) is 26.5 Å². The molecule has 0 saturated heterocycles. The van der Waals surface area contributed by atoms with Gasteiger partial charge in [-0.25, -0.2) is 15.0 Å². The third-order valence-electron chi connectivity index (χ3n) is 3.60. The molecule has 2 N–H and O–H groups in total. The van der Waals surface area contributed by atoms with Crippen LogP contribution in [-0.2, 0) is 0 Å². The Morgan fingerprint density at radius 3 is 3.09 bits per heavy atom. The third-order valence-corrected chi connectivity index (χ3v) is 4.47. The van der Waals surface area contributed by atoms with E-state index in [0.717, 1.165) is 28.8 Å². The Bertz CT molecular complexity index is 815. The first-order valence-corrected chi connectivity index (χ1v) is 7.87. The molecule has 7 heteroatoms. The van der Waals surface area contributed by atoms with Crippen molar-refractivity contribution >= 4 is 28.1 Å². The van der Waals surface area contributed by atoms with Crippen molar-refractivity contribution < 1.29 is 0 Å². The van der Waals surface area contributed by atoms with Crippen LogP contribution < -0.4 is 10.6 Å². The van der Waals surface area contributed by atoms with Gasteiger partial charge in [0, 0.05) is 30.2 Å². The first kappa shape index (κ1) is 13.1. The summed E-state index contributed by atoms with van der Waals surface area (Å²) in [7, 11) is 0. The fourth-order valence-corrected chi connectivity index (χ4v) is 3.26. The molecule has 110 valence electrons. The molecule has 1 unspecified atom stereocenters. The fraction of sp³-hybridized carbons (Fsp3) is 0.200. The quantitative estimate of drug-likeness (QED) is 0.774. The zero-order valence-corrected chi connectivity index (χ0v) is 12.8. The minimum atomic E-state index is 0.222. The van der Waals surface area contributed by atoms with Crippen LogP contribution in [0.1, 0.15) is 22.9 Å². The lowest BCUT2D eigenvalue weighted by Crippen LogP contribution is -2.08. The van der Waals surface area contributed by atoms with E-state index in [9.17, 15) is 0 Å². The predicted octanol–water partition coefficient (Wildman–Crippen LogP) is 2.94. The van der Waals surface area contributed by atoms with E-state index in [1.165, 1.54) is 5.56 Å². The zero-order valence-electron chi connectivity index (χ0n) is 11.9. The van der Waals surface area contributed by atoms with Gasteiger partial charge in [0.2, 0.25) is 5.95 Å². The van der Waals surface area contributed by atoms with E-state index in [4.69, 9.17) is 0 Å². The molecule has 1 aliphatic rings. The van der Waals surface area contributed by atoms with Gasteiger partial charge in [-0.2, -0.15) is 0 Å². The maximum absolute atomic E-state index is 4.64. The molecule has 0 amide bonds. The number of fused-ring (bicyclic) bond motifs is 1. The molecule has 0 radical (unpaired) electrons. The molecule has 0 aromatic carbocycles. The molecule has 0 spiro atoms. The van der Waals surface area contributed by atoms with Gasteiger partial charge in [0.05, 0.1) is 23.3 Å². The van der Waals surface area contributed by atoms with Crippen LogP contribution in [0.25, 0.3) is 0 Å². The van der Waals surface area contributed by atoms with Crippen LogP contribution in [0.15, 0.2) is 36.1 Å². The molecule has 3 aromatic rings. The average molecular weight is 310 g/mol. The Balaban J connectivity index is 1.63. The number of aryl methyl sites for hydroxylation is 1. The van der Waals surface area contributed by atoms with Crippen molar-refractivity contribution in [1.82, 2.24) is 19.9 Å². The highest BCUT2D eigenvalue weighted by Crippen LogP contribution is 2.34. The highest BCUT2D eigenvalue weighted by molar-refractivity contribution is 7.13. The van der Waals surface area contributed by atoms with Crippen molar-refractivity contribution in [2.75, 3.05) is 17.2 Å². The highest BCUT2D eigenvalue weighted by atomic mass is 32.1. The summed E-state index contributed by atoms with van der Waals surface area (Å²) in [5.74, 6) is 0.800. The SMILES string of the molecule is Cc1csc(Nc2nccc(C3CNc4cnccc43)n2)n1. The Morgan fingerprint density at radius 1 is 1.27 bits per heavy atom. The molecule has 1 atom stereocenters. The summed E-state index contributed by atoms with van der Waals surface area (Å²) in [5, 5.41) is 9.34. The number of nitrogens with zero attached hydrogens (tertiary/aromatic N) is 4. The van der Waals surface area contributed by atoms with Crippen molar-refractivity contribution in [2.45, 2.75) is 12.8 Å². The summed E-state index contributed by atoms with van der Waals surface area (Å²) in [6.45, 7) is 2.79.